The third-order valence-corrected chi connectivity index (χ3v) is 2.68. The van der Waals surface area contributed by atoms with Gasteiger partial charge < -0.3 is 4.74 Å². The van der Waals surface area contributed by atoms with E-state index >= 15 is 0 Å². The fourth-order valence-electron chi connectivity index (χ4n) is 1.62. The Hall–Kier alpha value is -0.890. The zero-order valence-electron chi connectivity index (χ0n) is 7.72. The Balaban J connectivity index is 2.28. The molecule has 1 aromatic rings. The lowest BCUT2D eigenvalue weighted by Crippen LogP contribution is -2.42. The van der Waals surface area contributed by atoms with Crippen LogP contribution in [0.1, 0.15) is 17.5 Å². The summed E-state index contributed by atoms with van der Waals surface area (Å²) in [5, 5.41) is 0. The van der Waals surface area contributed by atoms with E-state index in [1.54, 1.807) is 0 Å². The zero-order chi connectivity index (χ0) is 9.31. The predicted molar refractivity (Wildman–Crippen MR) is 49.4 cm³/mol. The lowest BCUT2D eigenvalue weighted by atomic mass is 9.87. The molecule has 1 aliphatic rings. The molecule has 1 fully saturated rings. The second-order valence-electron chi connectivity index (χ2n) is 3.59. The van der Waals surface area contributed by atoms with E-state index in [4.69, 9.17) is 4.74 Å². The van der Waals surface area contributed by atoms with Gasteiger partial charge in [-0.05, 0) is 12.5 Å². The van der Waals surface area contributed by atoms with Crippen molar-refractivity contribution in [2.24, 2.45) is 0 Å². The molecule has 70 valence electrons. The molecule has 0 amide bonds. The van der Waals surface area contributed by atoms with Crippen molar-refractivity contribution in [1.29, 1.82) is 0 Å². The van der Waals surface area contributed by atoms with E-state index in [0.29, 0.717) is 6.61 Å². The van der Waals surface area contributed by atoms with Crippen LogP contribution in [0.25, 0.3) is 0 Å². The largest absolute Gasteiger partial charge is 0.367 e. The Labute approximate surface area is 77.5 Å². The standard InChI is InChI=1S/C11H13FO/c1-9-2-4-10(5-3-9)11(8-12)6-7-13-11/h2-5H,6-8H2,1H3. The SMILES string of the molecule is Cc1ccc(C2(CF)CCO2)cc1. The third kappa shape index (κ3) is 1.35. The highest BCUT2D eigenvalue weighted by Crippen LogP contribution is 2.37. The fourth-order valence-corrected chi connectivity index (χ4v) is 1.62. The monoisotopic (exact) mass is 180 g/mol. The van der Waals surface area contributed by atoms with Crippen LogP contribution >= 0.6 is 0 Å². The molecule has 1 aliphatic heterocycles. The van der Waals surface area contributed by atoms with Crippen LogP contribution in [0.3, 0.4) is 0 Å². The summed E-state index contributed by atoms with van der Waals surface area (Å²) in [6.45, 7) is 2.28. The lowest BCUT2D eigenvalue weighted by Gasteiger charge is -2.40. The predicted octanol–water partition coefficient (Wildman–Crippen LogP) is 2.58. The second-order valence-corrected chi connectivity index (χ2v) is 3.59. The first-order valence-electron chi connectivity index (χ1n) is 4.54. The van der Waals surface area contributed by atoms with Crippen LogP contribution in [-0.2, 0) is 10.3 Å². The minimum atomic E-state index is -0.617. The van der Waals surface area contributed by atoms with Gasteiger partial charge in [-0.1, -0.05) is 29.8 Å². The van der Waals surface area contributed by atoms with Crippen molar-refractivity contribution in [2.75, 3.05) is 13.3 Å². The first kappa shape index (κ1) is 8.70. The maximum absolute atomic E-state index is 12.8. The van der Waals surface area contributed by atoms with Crippen LogP contribution in [-0.4, -0.2) is 13.3 Å². The number of halogens is 1. The lowest BCUT2D eigenvalue weighted by molar-refractivity contribution is -0.164. The summed E-state index contributed by atoms with van der Waals surface area (Å²) in [6.07, 6.45) is 0.798. The molecule has 1 atom stereocenters. The Kier molecular flexibility index (Phi) is 2.08. The molecule has 1 saturated heterocycles. The van der Waals surface area contributed by atoms with Gasteiger partial charge in [-0.2, -0.15) is 0 Å². The Morgan fingerprint density at radius 2 is 2.00 bits per heavy atom. The normalized spacial score (nSPS) is 26.9. The van der Waals surface area contributed by atoms with Crippen LogP contribution in [0.2, 0.25) is 0 Å². The topological polar surface area (TPSA) is 9.23 Å². The molecule has 1 unspecified atom stereocenters. The molecule has 1 aromatic carbocycles. The van der Waals surface area contributed by atoms with Crippen LogP contribution in [0.4, 0.5) is 4.39 Å². The highest BCUT2D eigenvalue weighted by Gasteiger charge is 2.40. The summed E-state index contributed by atoms with van der Waals surface area (Å²) < 4.78 is 18.1. The Bertz CT molecular complexity index is 282. The number of benzene rings is 1. The molecule has 0 radical (unpaired) electrons. The zero-order valence-corrected chi connectivity index (χ0v) is 7.72. The summed E-state index contributed by atoms with van der Waals surface area (Å²) >= 11 is 0. The van der Waals surface area contributed by atoms with E-state index in [1.807, 2.05) is 31.2 Å². The molecule has 0 spiro atoms. The van der Waals surface area contributed by atoms with Gasteiger partial charge in [-0.15, -0.1) is 0 Å². The first-order chi connectivity index (χ1) is 6.27. The number of ether oxygens (including phenoxy) is 1. The summed E-state index contributed by atoms with van der Waals surface area (Å²) in [6, 6.07) is 7.89. The average molecular weight is 180 g/mol. The van der Waals surface area contributed by atoms with Gasteiger partial charge in [-0.25, -0.2) is 4.39 Å². The third-order valence-electron chi connectivity index (χ3n) is 2.68. The summed E-state index contributed by atoms with van der Waals surface area (Å²) in [5.41, 5.74) is 1.54. The van der Waals surface area contributed by atoms with Crippen LogP contribution in [0.15, 0.2) is 24.3 Å². The van der Waals surface area contributed by atoms with Crippen molar-refractivity contribution in [2.45, 2.75) is 18.9 Å². The second kappa shape index (κ2) is 3.11. The molecule has 1 nitrogen and oxygen atoms in total. The molecule has 0 aromatic heterocycles. The van der Waals surface area contributed by atoms with Crippen molar-refractivity contribution < 1.29 is 9.13 Å². The molecular weight excluding hydrogens is 167 g/mol. The maximum atomic E-state index is 12.8. The molecule has 0 bridgehead atoms. The Morgan fingerprint density at radius 3 is 2.38 bits per heavy atom. The van der Waals surface area contributed by atoms with Crippen molar-refractivity contribution in [1.82, 2.24) is 0 Å². The minimum Gasteiger partial charge on any atom is -0.367 e. The van der Waals surface area contributed by atoms with Crippen molar-refractivity contribution in [3.8, 4) is 0 Å². The molecule has 13 heavy (non-hydrogen) atoms. The highest BCUT2D eigenvalue weighted by molar-refractivity contribution is 5.28. The van der Waals surface area contributed by atoms with Gasteiger partial charge >= 0.3 is 0 Å². The van der Waals surface area contributed by atoms with E-state index in [1.165, 1.54) is 5.56 Å². The summed E-state index contributed by atoms with van der Waals surface area (Å²) in [5.74, 6) is 0. The highest BCUT2D eigenvalue weighted by atomic mass is 19.1. The molecule has 0 N–H and O–H groups in total. The smallest absolute Gasteiger partial charge is 0.123 e. The fraction of sp³-hybridized carbons (Fsp3) is 0.455. The van der Waals surface area contributed by atoms with Crippen LogP contribution < -0.4 is 0 Å². The van der Waals surface area contributed by atoms with Crippen molar-refractivity contribution in [3.63, 3.8) is 0 Å². The molecule has 2 heteroatoms. The van der Waals surface area contributed by atoms with Crippen molar-refractivity contribution in [3.05, 3.63) is 35.4 Å². The molecule has 2 rings (SSSR count). The number of rotatable bonds is 2. The van der Waals surface area contributed by atoms with E-state index in [-0.39, 0.29) is 0 Å². The number of hydrogen-bond acceptors (Lipinski definition) is 1. The Morgan fingerprint density at radius 1 is 1.38 bits per heavy atom. The van der Waals surface area contributed by atoms with E-state index in [0.717, 1.165) is 12.0 Å². The van der Waals surface area contributed by atoms with Gasteiger partial charge in [0, 0.05) is 6.42 Å². The minimum absolute atomic E-state index is 0.421. The summed E-state index contributed by atoms with van der Waals surface area (Å²) in [4.78, 5) is 0. The van der Waals surface area contributed by atoms with Gasteiger partial charge in [-0.3, -0.25) is 0 Å². The number of aryl methyl sites for hydroxylation is 1. The van der Waals surface area contributed by atoms with Crippen molar-refractivity contribution >= 4 is 0 Å². The molecule has 0 aliphatic carbocycles. The van der Waals surface area contributed by atoms with Crippen LogP contribution in [0, 0.1) is 6.92 Å². The van der Waals surface area contributed by atoms with Gasteiger partial charge in [0.25, 0.3) is 0 Å². The van der Waals surface area contributed by atoms with E-state index in [9.17, 15) is 4.39 Å². The van der Waals surface area contributed by atoms with Gasteiger partial charge in [0.2, 0.25) is 0 Å². The first-order valence-corrected chi connectivity index (χ1v) is 4.54. The number of alkyl halides is 1. The molecule has 0 saturated carbocycles. The number of hydrogen-bond donors (Lipinski definition) is 0. The van der Waals surface area contributed by atoms with Gasteiger partial charge in [0.1, 0.15) is 12.3 Å². The average Bonchev–Trinajstić information content (AvgIpc) is 2.07. The molecule has 1 heterocycles. The quantitative estimate of drug-likeness (QED) is 0.679. The maximum Gasteiger partial charge on any atom is 0.123 e. The van der Waals surface area contributed by atoms with Gasteiger partial charge in [0.05, 0.1) is 6.61 Å². The van der Waals surface area contributed by atoms with Gasteiger partial charge in [0.15, 0.2) is 0 Å². The summed E-state index contributed by atoms with van der Waals surface area (Å²) in [7, 11) is 0. The van der Waals surface area contributed by atoms with Crippen LogP contribution in [0.5, 0.6) is 0 Å². The molecular formula is C11H13FO. The van der Waals surface area contributed by atoms with E-state index < -0.39 is 12.3 Å². The van der Waals surface area contributed by atoms with E-state index in [2.05, 4.69) is 0 Å².